The molecule has 8 rings (SSSR count). The average Bonchev–Trinajstić information content (AvgIpc) is 3.81. The number of methoxy groups -OCH3 is 1. The zero-order valence-electron chi connectivity index (χ0n) is 38.5. The lowest BCUT2D eigenvalue weighted by Gasteiger charge is -2.58. The first kappa shape index (κ1) is 49.7. The van der Waals surface area contributed by atoms with Gasteiger partial charge in [0, 0.05) is 20.1 Å². The Hall–Kier alpha value is -1.76. The molecule has 65 heavy (non-hydrogen) atoms. The van der Waals surface area contributed by atoms with Gasteiger partial charge in [0.2, 0.25) is 5.72 Å². The van der Waals surface area contributed by atoms with Gasteiger partial charge in [-0.2, -0.15) is 0 Å². The maximum Gasteiger partial charge on any atom is 0.354 e. The molecule has 0 aromatic rings. The van der Waals surface area contributed by atoms with Gasteiger partial charge >= 0.3 is 5.97 Å². The molecule has 0 spiro atoms. The molecule has 4 aliphatic carbocycles. The molecule has 0 radical (unpaired) electrons. The predicted octanol–water partition coefficient (Wildman–Crippen LogP) is -0.463. The Bertz CT molecular complexity index is 1760. The van der Waals surface area contributed by atoms with Crippen molar-refractivity contribution in [2.24, 2.45) is 40.4 Å². The molecule has 0 amide bonds. The number of aliphatic hydroxyl groups excluding tert-OH is 8. The Morgan fingerprint density at radius 2 is 1.42 bits per heavy atom. The van der Waals surface area contributed by atoms with E-state index in [0.717, 1.165) is 25.7 Å². The van der Waals surface area contributed by atoms with Crippen molar-refractivity contribution in [3.05, 3.63) is 11.6 Å². The number of Topliss-reactive ketones (excluding diaryl/α,β-unsaturated/α-hetero) is 1. The second-order valence-electron chi connectivity index (χ2n) is 21.1. The summed E-state index contributed by atoms with van der Waals surface area (Å²) in [5, 5.41) is 89.1. The second kappa shape index (κ2) is 18.9. The van der Waals surface area contributed by atoms with Crippen LogP contribution in [0.4, 0.5) is 0 Å². The van der Waals surface area contributed by atoms with Crippen molar-refractivity contribution in [3.8, 4) is 0 Å². The number of rotatable bonds is 11. The summed E-state index contributed by atoms with van der Waals surface area (Å²) in [6.45, 7) is 11.1. The summed E-state index contributed by atoms with van der Waals surface area (Å²) < 4.78 is 48.8. The van der Waals surface area contributed by atoms with Crippen molar-refractivity contribution < 1.29 is 88.3 Å². The van der Waals surface area contributed by atoms with E-state index in [2.05, 4.69) is 32.2 Å². The fourth-order valence-corrected chi connectivity index (χ4v) is 13.4. The Labute approximate surface area is 380 Å². The molecule has 4 aliphatic heterocycles. The molecule has 19 nitrogen and oxygen atoms in total. The Balaban J connectivity index is 1.02. The molecule has 19 heteroatoms. The van der Waals surface area contributed by atoms with E-state index in [1.807, 2.05) is 0 Å². The van der Waals surface area contributed by atoms with Gasteiger partial charge in [0.1, 0.15) is 72.9 Å². The predicted molar refractivity (Wildman–Crippen MR) is 224 cm³/mol. The van der Waals surface area contributed by atoms with E-state index in [0.29, 0.717) is 32.2 Å². The van der Waals surface area contributed by atoms with Gasteiger partial charge in [-0.05, 0) is 100 Å². The third-order valence-electron chi connectivity index (χ3n) is 17.1. The summed E-state index contributed by atoms with van der Waals surface area (Å²) in [4.78, 5) is 27.3. The molecule has 0 aromatic heterocycles. The number of ketones is 1. The minimum absolute atomic E-state index is 0.0263. The minimum atomic E-state index is -1.77. The highest BCUT2D eigenvalue weighted by Gasteiger charge is 2.64. The lowest BCUT2D eigenvalue weighted by molar-refractivity contribution is -0.393. The van der Waals surface area contributed by atoms with Crippen molar-refractivity contribution in [1.29, 1.82) is 0 Å². The molecular formula is C46H73NO18. The summed E-state index contributed by atoms with van der Waals surface area (Å²) in [6.07, 6.45) is -15.7. The number of allylic oxidation sites excluding steroid dienone is 1. The monoisotopic (exact) mass is 927 g/mol. The highest BCUT2D eigenvalue weighted by atomic mass is 16.8. The first-order valence-corrected chi connectivity index (χ1v) is 23.7. The second-order valence-corrected chi connectivity index (χ2v) is 21.1. The summed E-state index contributed by atoms with van der Waals surface area (Å²) in [7, 11) is 1.51. The highest BCUT2D eigenvalue weighted by molar-refractivity contribution is 5.83. The molecular weight excluding hydrogens is 854 g/mol. The first-order valence-electron chi connectivity index (χ1n) is 23.7. The summed E-state index contributed by atoms with van der Waals surface area (Å²) in [6, 6.07) is 0. The van der Waals surface area contributed by atoms with E-state index in [-0.39, 0.29) is 40.3 Å². The molecule has 0 aromatic carbocycles. The van der Waals surface area contributed by atoms with Crippen LogP contribution < -0.4 is 5.32 Å². The van der Waals surface area contributed by atoms with Gasteiger partial charge in [0.15, 0.2) is 18.9 Å². The lowest BCUT2D eigenvalue weighted by Crippen LogP contribution is -2.67. The molecule has 4 heterocycles. The number of ether oxygens (including phenoxy) is 8. The number of carbonyl (C=O) groups is 2. The Morgan fingerprint density at radius 3 is 1.98 bits per heavy atom. The van der Waals surface area contributed by atoms with Crippen LogP contribution in [-0.4, -0.2) is 183 Å². The third kappa shape index (κ3) is 8.69. The smallest absolute Gasteiger partial charge is 0.354 e. The zero-order valence-corrected chi connectivity index (χ0v) is 38.5. The van der Waals surface area contributed by atoms with Gasteiger partial charge < -0.3 is 78.7 Å². The van der Waals surface area contributed by atoms with Crippen LogP contribution in [0.2, 0.25) is 0 Å². The average molecular weight is 928 g/mol. The van der Waals surface area contributed by atoms with Crippen molar-refractivity contribution in [1.82, 2.24) is 5.32 Å². The van der Waals surface area contributed by atoms with Gasteiger partial charge in [-0.3, -0.25) is 10.1 Å². The summed E-state index contributed by atoms with van der Waals surface area (Å²) in [5.41, 5.74) is -0.586. The van der Waals surface area contributed by atoms with E-state index in [1.54, 1.807) is 6.92 Å². The van der Waals surface area contributed by atoms with Crippen LogP contribution in [0, 0.1) is 40.4 Å². The van der Waals surface area contributed by atoms with Crippen LogP contribution in [0.3, 0.4) is 0 Å². The number of carbonyl (C=O) groups excluding carboxylic acids is 2. The molecule has 3 saturated carbocycles. The third-order valence-corrected chi connectivity index (χ3v) is 17.1. The van der Waals surface area contributed by atoms with Crippen molar-refractivity contribution in [3.63, 3.8) is 0 Å². The van der Waals surface area contributed by atoms with Gasteiger partial charge in [0.05, 0.1) is 30.8 Å². The quantitative estimate of drug-likeness (QED) is 0.0936. The van der Waals surface area contributed by atoms with Gasteiger partial charge in [-0.25, -0.2) is 4.79 Å². The van der Waals surface area contributed by atoms with Crippen LogP contribution in [0.15, 0.2) is 11.6 Å². The van der Waals surface area contributed by atoms with Crippen LogP contribution >= 0.6 is 0 Å². The van der Waals surface area contributed by atoms with E-state index in [9.17, 15) is 50.4 Å². The summed E-state index contributed by atoms with van der Waals surface area (Å²) >= 11 is 0. The number of aliphatic hydroxyl groups is 8. The number of esters is 1. The van der Waals surface area contributed by atoms with Crippen molar-refractivity contribution >= 4 is 11.8 Å². The molecule has 8 aliphatic rings. The highest BCUT2D eigenvalue weighted by Crippen LogP contribution is 2.67. The summed E-state index contributed by atoms with van der Waals surface area (Å²) in [5.74, 6) is 0.0190. The van der Waals surface area contributed by atoms with Crippen LogP contribution in [-0.2, 0) is 47.5 Å². The molecule has 25 atom stereocenters. The number of hydrogen-bond acceptors (Lipinski definition) is 19. The molecule has 0 bridgehead atoms. The molecule has 2 unspecified atom stereocenters. The van der Waals surface area contributed by atoms with Crippen molar-refractivity contribution in [2.75, 3.05) is 20.3 Å². The number of hydrogen-bond donors (Lipinski definition) is 9. The number of fused-ring (bicyclic) bond motifs is 5. The zero-order chi connectivity index (χ0) is 47.1. The minimum Gasteiger partial charge on any atom is -0.458 e. The van der Waals surface area contributed by atoms with Gasteiger partial charge in [0.25, 0.3) is 0 Å². The van der Waals surface area contributed by atoms with Gasteiger partial charge in [-0.1, -0.05) is 32.4 Å². The van der Waals surface area contributed by atoms with E-state index >= 15 is 0 Å². The van der Waals surface area contributed by atoms with Crippen molar-refractivity contribution in [2.45, 2.75) is 203 Å². The molecule has 370 valence electrons. The number of nitrogens with one attached hydrogen (secondary N) is 1. The largest absolute Gasteiger partial charge is 0.458 e. The van der Waals surface area contributed by atoms with Crippen LogP contribution in [0.1, 0.15) is 92.9 Å². The fourth-order valence-electron chi connectivity index (χ4n) is 13.4. The first-order chi connectivity index (χ1) is 30.7. The van der Waals surface area contributed by atoms with Crippen LogP contribution in [0.25, 0.3) is 0 Å². The Kier molecular flexibility index (Phi) is 14.4. The van der Waals surface area contributed by atoms with E-state index in [4.69, 9.17) is 37.9 Å². The topological polar surface area (TPSA) is 282 Å². The molecule has 4 saturated heterocycles. The molecule has 7 fully saturated rings. The Morgan fingerprint density at radius 1 is 0.785 bits per heavy atom. The van der Waals surface area contributed by atoms with E-state index < -0.39 is 129 Å². The maximum atomic E-state index is 13.8. The molecule has 9 N–H and O–H groups in total. The lowest BCUT2D eigenvalue weighted by atomic mass is 9.47. The standard InChI is InChI=1S/C46H73NO18/c1-19-16-46(58-7,47-17-19)43(57)63-28-15-27-25-9-8-23-14-24(10-12-44(23,5)26(25)11-13-45(27,6)30(28)20(2)49)61-42-39(65-41-37(56)35(54)32(51)22(4)60-41)38(33(52)29(18-48)62-42)64-40-36(55)34(53)31(50)21(3)59-40/h8,19,21-22,24-42,47-48,50-56H,9-18H2,1-7H3/t19?,21-,22-,24-,25+,26-,27-,28-,29+,30-,31-,32-,33+,34+,35+,36+,37+,38-,39+,40-,41-,42+,44-,45-,46?/m0/s1. The normalized spacial score (nSPS) is 53.4. The van der Waals surface area contributed by atoms with Crippen LogP contribution in [0.5, 0.6) is 0 Å². The fraction of sp³-hybridized carbons (Fsp3) is 0.913. The van der Waals surface area contributed by atoms with Gasteiger partial charge in [-0.15, -0.1) is 0 Å². The van der Waals surface area contributed by atoms with E-state index in [1.165, 1.54) is 26.5 Å². The maximum absolute atomic E-state index is 13.8. The SMILES string of the molecule is COC1(C(=O)O[C@H]2C[C@H]3[C@@H]4CC=C5C[C@@H](O[C@@H]6O[C@H](CO)[C@@H](O)[C@H](O[C@@H]7O[C@@H](C)[C@H](O)[C@@H](O)[C@H]7O)[C@H]6O[C@@H]6O[C@@H](C)[C@H](O)[C@@H](O)[C@H]6O)CC[C@]5(C)[C@H]4CC[C@]3(C)[C@H]2C(C)=O)CC(C)CN1.